The zero-order chi connectivity index (χ0) is 20.8. The molecule has 6 nitrogen and oxygen atoms in total. The van der Waals surface area contributed by atoms with Gasteiger partial charge in [0.15, 0.2) is 0 Å². The highest BCUT2D eigenvalue weighted by molar-refractivity contribution is 9.10. The molecule has 2 aromatic carbocycles. The summed E-state index contributed by atoms with van der Waals surface area (Å²) in [4.78, 5) is 26.5. The molecule has 2 N–H and O–H groups in total. The first-order chi connectivity index (χ1) is 13.2. The van der Waals surface area contributed by atoms with Crippen LogP contribution < -0.4 is 15.4 Å². The number of benzene rings is 2. The van der Waals surface area contributed by atoms with E-state index in [4.69, 9.17) is 4.74 Å². The molecule has 0 radical (unpaired) electrons. The van der Waals surface area contributed by atoms with Gasteiger partial charge in [0.05, 0.1) is 13.2 Å². The Kier molecular flexibility index (Phi) is 7.60. The average molecular weight is 448 g/mol. The number of nitrogens with zero attached hydrogens (tertiary/aromatic N) is 1. The van der Waals surface area contributed by atoms with E-state index in [0.29, 0.717) is 12.2 Å². The highest BCUT2D eigenvalue weighted by Gasteiger charge is 2.21. The van der Waals surface area contributed by atoms with Crippen LogP contribution in [0.3, 0.4) is 0 Å². The van der Waals surface area contributed by atoms with Crippen molar-refractivity contribution < 1.29 is 14.3 Å². The number of amides is 3. The molecule has 150 valence electrons. The van der Waals surface area contributed by atoms with Crippen molar-refractivity contribution in [1.82, 2.24) is 10.2 Å². The van der Waals surface area contributed by atoms with Crippen molar-refractivity contribution in [3.05, 3.63) is 57.6 Å². The molecule has 1 atom stereocenters. The molecule has 0 bridgehead atoms. The Balaban J connectivity index is 1.97. The van der Waals surface area contributed by atoms with Crippen LogP contribution in [-0.4, -0.2) is 37.0 Å². The second-order valence-electron chi connectivity index (χ2n) is 6.81. The Labute approximate surface area is 174 Å². The molecule has 0 spiro atoms. The predicted octanol–water partition coefficient (Wildman–Crippen LogP) is 4.24. The van der Waals surface area contributed by atoms with E-state index in [1.165, 1.54) is 0 Å². The molecule has 2 rings (SSSR count). The Morgan fingerprint density at radius 2 is 1.89 bits per heavy atom. The molecule has 0 saturated carbocycles. The zero-order valence-electron chi connectivity index (χ0n) is 16.8. The minimum atomic E-state index is -0.544. The molecule has 0 saturated heterocycles. The quantitative estimate of drug-likeness (QED) is 0.694. The number of carbonyl (C=O) groups excluding carboxylic acids is 2. The van der Waals surface area contributed by atoms with Crippen LogP contribution in [0, 0.1) is 13.8 Å². The number of halogens is 1. The lowest BCUT2D eigenvalue weighted by Crippen LogP contribution is -2.46. The molecular weight excluding hydrogens is 422 g/mol. The van der Waals surface area contributed by atoms with E-state index in [-0.39, 0.29) is 5.91 Å². The molecular formula is C21H26BrN3O3. The molecule has 0 aromatic heterocycles. The fraction of sp³-hybridized carbons (Fsp3) is 0.333. The number of nitrogens with one attached hydrogen (secondary N) is 2. The fourth-order valence-corrected chi connectivity index (χ4v) is 3.21. The molecule has 28 heavy (non-hydrogen) atoms. The number of urea groups is 1. The van der Waals surface area contributed by atoms with E-state index in [1.54, 1.807) is 14.0 Å². The van der Waals surface area contributed by atoms with Gasteiger partial charge < -0.3 is 10.1 Å². The summed E-state index contributed by atoms with van der Waals surface area (Å²) in [5.41, 5.74) is 3.67. The number of anilines is 1. The van der Waals surface area contributed by atoms with Gasteiger partial charge in [-0.1, -0.05) is 33.6 Å². The Morgan fingerprint density at radius 3 is 2.54 bits per heavy atom. The molecule has 0 fully saturated rings. The van der Waals surface area contributed by atoms with Gasteiger partial charge in [-0.25, -0.2) is 4.79 Å². The molecule has 0 aliphatic carbocycles. The standard InChI is InChI=1S/C21H26BrN3O3/c1-13-6-8-18(14(2)10-13)23-21(27)24-20(26)15(3)25(4)12-16-11-17(22)7-9-19(16)28-5/h6-11,15H,12H2,1-5H3,(H2,23,24,26,27). The maximum absolute atomic E-state index is 12.5. The fourth-order valence-electron chi connectivity index (χ4n) is 2.80. The first kappa shape index (κ1) is 21.9. The first-order valence-corrected chi connectivity index (χ1v) is 9.72. The summed E-state index contributed by atoms with van der Waals surface area (Å²) in [6.45, 7) is 6.14. The highest BCUT2D eigenvalue weighted by atomic mass is 79.9. The maximum Gasteiger partial charge on any atom is 0.325 e. The number of imide groups is 1. The summed E-state index contributed by atoms with van der Waals surface area (Å²) in [5, 5.41) is 5.13. The van der Waals surface area contributed by atoms with E-state index in [0.717, 1.165) is 26.9 Å². The van der Waals surface area contributed by atoms with Gasteiger partial charge >= 0.3 is 6.03 Å². The summed E-state index contributed by atoms with van der Waals surface area (Å²) >= 11 is 3.45. The molecule has 0 aliphatic heterocycles. The third-order valence-electron chi connectivity index (χ3n) is 4.57. The number of methoxy groups -OCH3 is 1. The van der Waals surface area contributed by atoms with Gasteiger partial charge in [-0.3, -0.25) is 15.0 Å². The van der Waals surface area contributed by atoms with E-state index in [2.05, 4.69) is 26.6 Å². The number of likely N-dealkylation sites (N-methyl/N-ethyl adjacent to an activating group) is 1. The molecule has 3 amide bonds. The van der Waals surface area contributed by atoms with E-state index >= 15 is 0 Å². The molecule has 0 heterocycles. The SMILES string of the molecule is COc1ccc(Br)cc1CN(C)C(C)C(=O)NC(=O)Nc1ccc(C)cc1C. The summed E-state index contributed by atoms with van der Waals surface area (Å²) < 4.78 is 6.31. The van der Waals surface area contributed by atoms with Crippen LogP contribution in [-0.2, 0) is 11.3 Å². The number of hydrogen-bond donors (Lipinski definition) is 2. The van der Waals surface area contributed by atoms with E-state index in [9.17, 15) is 9.59 Å². The van der Waals surface area contributed by atoms with Gasteiger partial charge in [0.2, 0.25) is 5.91 Å². The predicted molar refractivity (Wildman–Crippen MR) is 115 cm³/mol. The summed E-state index contributed by atoms with van der Waals surface area (Å²) in [6, 6.07) is 10.4. The van der Waals surface area contributed by atoms with Crippen molar-refractivity contribution in [3.63, 3.8) is 0 Å². The van der Waals surface area contributed by atoms with Crippen LogP contribution in [0.4, 0.5) is 10.5 Å². The summed E-state index contributed by atoms with van der Waals surface area (Å²) in [6.07, 6.45) is 0. The number of carbonyl (C=O) groups is 2. The Bertz CT molecular complexity index is 870. The maximum atomic E-state index is 12.5. The number of aryl methyl sites for hydroxylation is 2. The second kappa shape index (κ2) is 9.71. The summed E-state index contributed by atoms with van der Waals surface area (Å²) in [5.74, 6) is 0.369. The highest BCUT2D eigenvalue weighted by Crippen LogP contribution is 2.24. The van der Waals surface area contributed by atoms with Crippen molar-refractivity contribution in [1.29, 1.82) is 0 Å². The number of rotatable bonds is 6. The van der Waals surface area contributed by atoms with E-state index < -0.39 is 12.1 Å². The van der Waals surface area contributed by atoms with Gasteiger partial charge in [-0.2, -0.15) is 0 Å². The Morgan fingerprint density at radius 1 is 1.18 bits per heavy atom. The lowest BCUT2D eigenvalue weighted by atomic mass is 10.1. The first-order valence-electron chi connectivity index (χ1n) is 8.93. The average Bonchev–Trinajstić information content (AvgIpc) is 2.63. The number of ether oxygens (including phenoxy) is 1. The molecule has 0 aliphatic rings. The molecule has 1 unspecified atom stereocenters. The van der Waals surface area contributed by atoms with Gasteiger partial charge in [0.25, 0.3) is 0 Å². The largest absolute Gasteiger partial charge is 0.496 e. The monoisotopic (exact) mass is 447 g/mol. The van der Waals surface area contributed by atoms with Crippen molar-refractivity contribution in [2.24, 2.45) is 0 Å². The summed E-state index contributed by atoms with van der Waals surface area (Å²) in [7, 11) is 3.44. The Hall–Kier alpha value is -2.38. The lowest BCUT2D eigenvalue weighted by molar-refractivity contribution is -0.124. The second-order valence-corrected chi connectivity index (χ2v) is 7.72. The van der Waals surface area contributed by atoms with Crippen LogP contribution in [0.1, 0.15) is 23.6 Å². The normalized spacial score (nSPS) is 11.8. The number of hydrogen-bond acceptors (Lipinski definition) is 4. The van der Waals surface area contributed by atoms with Crippen molar-refractivity contribution >= 4 is 33.6 Å². The third kappa shape index (κ3) is 5.81. The van der Waals surface area contributed by atoms with Gasteiger partial charge in [0, 0.05) is 22.3 Å². The van der Waals surface area contributed by atoms with Gasteiger partial charge in [-0.05, 0) is 57.6 Å². The minimum absolute atomic E-state index is 0.376. The minimum Gasteiger partial charge on any atom is -0.496 e. The van der Waals surface area contributed by atoms with Crippen LogP contribution in [0.2, 0.25) is 0 Å². The van der Waals surface area contributed by atoms with Gasteiger partial charge in [-0.15, -0.1) is 0 Å². The van der Waals surface area contributed by atoms with Crippen molar-refractivity contribution in [3.8, 4) is 5.75 Å². The topological polar surface area (TPSA) is 70.7 Å². The van der Waals surface area contributed by atoms with Gasteiger partial charge in [0.1, 0.15) is 5.75 Å². The van der Waals surface area contributed by atoms with Crippen molar-refractivity contribution in [2.75, 3.05) is 19.5 Å². The smallest absolute Gasteiger partial charge is 0.325 e. The zero-order valence-corrected chi connectivity index (χ0v) is 18.4. The van der Waals surface area contributed by atoms with Crippen LogP contribution in [0.25, 0.3) is 0 Å². The lowest BCUT2D eigenvalue weighted by Gasteiger charge is -2.24. The van der Waals surface area contributed by atoms with Crippen LogP contribution in [0.15, 0.2) is 40.9 Å². The van der Waals surface area contributed by atoms with Crippen LogP contribution >= 0.6 is 15.9 Å². The molecule has 7 heteroatoms. The third-order valence-corrected chi connectivity index (χ3v) is 5.06. The van der Waals surface area contributed by atoms with Crippen LogP contribution in [0.5, 0.6) is 5.75 Å². The van der Waals surface area contributed by atoms with Crippen molar-refractivity contribution in [2.45, 2.75) is 33.4 Å². The van der Waals surface area contributed by atoms with E-state index in [1.807, 2.05) is 62.2 Å². The molecule has 2 aromatic rings.